The van der Waals surface area contributed by atoms with Gasteiger partial charge in [-0.15, -0.1) is 0 Å². The molecule has 1 amide bonds. The number of amides is 1. The molecule has 8 nitrogen and oxygen atoms in total. The van der Waals surface area contributed by atoms with E-state index in [2.05, 4.69) is 10.1 Å². The van der Waals surface area contributed by atoms with E-state index >= 15 is 0 Å². The lowest BCUT2D eigenvalue weighted by molar-refractivity contribution is -0.384. The summed E-state index contributed by atoms with van der Waals surface area (Å²) >= 11 is 0. The minimum Gasteiger partial charge on any atom is -0.465 e. The lowest BCUT2D eigenvalue weighted by atomic mass is 10.1. The van der Waals surface area contributed by atoms with Gasteiger partial charge in [0.25, 0.3) is 11.6 Å². The highest BCUT2D eigenvalue weighted by molar-refractivity contribution is 6.04. The zero-order valence-corrected chi connectivity index (χ0v) is 15.3. The number of rotatable bonds is 6. The van der Waals surface area contributed by atoms with E-state index in [0.29, 0.717) is 28.3 Å². The van der Waals surface area contributed by atoms with Crippen LogP contribution in [0, 0.1) is 10.1 Å². The average Bonchev–Trinajstić information content (AvgIpc) is 2.74. The van der Waals surface area contributed by atoms with E-state index in [9.17, 15) is 19.7 Å². The number of methoxy groups -OCH3 is 1. The molecule has 3 rings (SSSR count). The van der Waals surface area contributed by atoms with Gasteiger partial charge in [-0.2, -0.15) is 0 Å². The summed E-state index contributed by atoms with van der Waals surface area (Å²) in [5, 5.41) is 13.4. The second-order valence-corrected chi connectivity index (χ2v) is 5.90. The largest absolute Gasteiger partial charge is 0.465 e. The van der Waals surface area contributed by atoms with Crippen molar-refractivity contribution in [3.05, 3.63) is 94.0 Å². The van der Waals surface area contributed by atoms with Gasteiger partial charge in [-0.1, -0.05) is 6.07 Å². The van der Waals surface area contributed by atoms with Gasteiger partial charge < -0.3 is 14.8 Å². The van der Waals surface area contributed by atoms with Crippen LogP contribution in [0.15, 0.2) is 72.8 Å². The van der Waals surface area contributed by atoms with Gasteiger partial charge in [-0.25, -0.2) is 4.79 Å². The molecule has 0 spiro atoms. The first kappa shape index (κ1) is 19.6. The summed E-state index contributed by atoms with van der Waals surface area (Å²) in [5.41, 5.74) is 1.16. The molecule has 0 fully saturated rings. The van der Waals surface area contributed by atoms with Crippen LogP contribution in [0.3, 0.4) is 0 Å². The molecular weight excluding hydrogens is 376 g/mol. The van der Waals surface area contributed by atoms with E-state index < -0.39 is 10.9 Å². The molecule has 0 saturated carbocycles. The number of carbonyl (C=O) groups is 2. The fourth-order valence-electron chi connectivity index (χ4n) is 2.49. The van der Waals surface area contributed by atoms with Crippen LogP contribution >= 0.6 is 0 Å². The molecular formula is C21H16N2O6. The Morgan fingerprint density at radius 1 is 0.897 bits per heavy atom. The number of nitro groups is 1. The van der Waals surface area contributed by atoms with E-state index in [1.54, 1.807) is 42.5 Å². The molecule has 3 aromatic rings. The second-order valence-electron chi connectivity index (χ2n) is 5.90. The lowest BCUT2D eigenvalue weighted by Gasteiger charge is -2.08. The zero-order valence-electron chi connectivity index (χ0n) is 15.3. The third-order valence-electron chi connectivity index (χ3n) is 3.94. The first-order valence-electron chi connectivity index (χ1n) is 8.48. The maximum absolute atomic E-state index is 12.4. The van der Waals surface area contributed by atoms with Gasteiger partial charge in [0.05, 0.1) is 17.6 Å². The molecule has 3 aromatic carbocycles. The van der Waals surface area contributed by atoms with Crippen LogP contribution in [-0.4, -0.2) is 23.9 Å². The summed E-state index contributed by atoms with van der Waals surface area (Å²) in [7, 11) is 1.29. The topological polar surface area (TPSA) is 108 Å². The van der Waals surface area contributed by atoms with Crippen molar-refractivity contribution in [3.63, 3.8) is 0 Å². The van der Waals surface area contributed by atoms with Crippen molar-refractivity contribution in [2.45, 2.75) is 0 Å². The predicted octanol–water partition coefficient (Wildman–Crippen LogP) is 4.43. The number of nitrogens with zero attached hydrogens (tertiary/aromatic N) is 1. The van der Waals surface area contributed by atoms with Crippen LogP contribution in [0.4, 0.5) is 11.4 Å². The van der Waals surface area contributed by atoms with E-state index in [1.165, 1.54) is 37.4 Å². The van der Waals surface area contributed by atoms with Gasteiger partial charge in [-0.05, 0) is 54.6 Å². The highest BCUT2D eigenvalue weighted by atomic mass is 16.6. The van der Waals surface area contributed by atoms with Crippen LogP contribution in [0.1, 0.15) is 20.7 Å². The number of benzene rings is 3. The highest BCUT2D eigenvalue weighted by Gasteiger charge is 2.10. The van der Waals surface area contributed by atoms with Crippen molar-refractivity contribution in [3.8, 4) is 11.5 Å². The summed E-state index contributed by atoms with van der Waals surface area (Å²) in [4.78, 5) is 34.2. The fourth-order valence-corrected chi connectivity index (χ4v) is 2.49. The molecule has 1 N–H and O–H groups in total. The Hall–Kier alpha value is -4.20. The monoisotopic (exact) mass is 392 g/mol. The second kappa shape index (κ2) is 8.66. The van der Waals surface area contributed by atoms with Crippen molar-refractivity contribution in [1.29, 1.82) is 0 Å². The van der Waals surface area contributed by atoms with E-state index in [1.807, 2.05) is 0 Å². The molecule has 0 aliphatic rings. The van der Waals surface area contributed by atoms with Crippen LogP contribution in [0.25, 0.3) is 0 Å². The molecule has 0 unspecified atom stereocenters. The molecule has 0 aliphatic heterocycles. The van der Waals surface area contributed by atoms with Crippen LogP contribution in [-0.2, 0) is 4.74 Å². The normalized spacial score (nSPS) is 10.1. The molecule has 0 aliphatic carbocycles. The molecule has 0 bridgehead atoms. The molecule has 0 aromatic heterocycles. The SMILES string of the molecule is COC(=O)c1cccc(NC(=O)c2ccc(Oc3ccc([N+](=O)[O-])cc3)cc2)c1. The van der Waals surface area contributed by atoms with Crippen molar-refractivity contribution in [2.75, 3.05) is 12.4 Å². The maximum Gasteiger partial charge on any atom is 0.337 e. The minimum absolute atomic E-state index is 0.0272. The summed E-state index contributed by atoms with van der Waals surface area (Å²) in [6, 6.07) is 18.5. The Kier molecular flexibility index (Phi) is 5.84. The van der Waals surface area contributed by atoms with Gasteiger partial charge in [0.1, 0.15) is 11.5 Å². The molecule has 29 heavy (non-hydrogen) atoms. The Morgan fingerprint density at radius 2 is 1.52 bits per heavy atom. The van der Waals surface area contributed by atoms with Gasteiger partial charge in [0.15, 0.2) is 0 Å². The number of hydrogen-bond acceptors (Lipinski definition) is 6. The summed E-state index contributed by atoms with van der Waals surface area (Å²) in [6.07, 6.45) is 0. The first-order valence-corrected chi connectivity index (χ1v) is 8.48. The first-order chi connectivity index (χ1) is 14.0. The van der Waals surface area contributed by atoms with Gasteiger partial charge in [0.2, 0.25) is 0 Å². The highest BCUT2D eigenvalue weighted by Crippen LogP contribution is 2.24. The average molecular weight is 392 g/mol. The lowest BCUT2D eigenvalue weighted by Crippen LogP contribution is -2.12. The van der Waals surface area contributed by atoms with Crippen molar-refractivity contribution in [1.82, 2.24) is 0 Å². The number of anilines is 1. The molecule has 0 atom stereocenters. The number of esters is 1. The third kappa shape index (κ3) is 4.95. The summed E-state index contributed by atoms with van der Waals surface area (Å²) in [6.45, 7) is 0. The smallest absolute Gasteiger partial charge is 0.337 e. The predicted molar refractivity (Wildman–Crippen MR) is 105 cm³/mol. The molecule has 8 heteroatoms. The quantitative estimate of drug-likeness (QED) is 0.378. The molecule has 0 saturated heterocycles. The maximum atomic E-state index is 12.4. The van der Waals surface area contributed by atoms with E-state index in [-0.39, 0.29) is 11.6 Å². The minimum atomic E-state index is -0.492. The molecule has 0 heterocycles. The standard InChI is InChI=1S/C21H16N2O6/c1-28-21(25)15-3-2-4-16(13-15)22-20(24)14-5-9-18(10-6-14)29-19-11-7-17(8-12-19)23(26)27/h2-13H,1H3,(H,22,24). The third-order valence-corrected chi connectivity index (χ3v) is 3.94. The molecule has 0 radical (unpaired) electrons. The number of ether oxygens (including phenoxy) is 2. The van der Waals surface area contributed by atoms with Gasteiger partial charge in [0, 0.05) is 23.4 Å². The van der Waals surface area contributed by atoms with Gasteiger partial charge >= 0.3 is 5.97 Å². The summed E-state index contributed by atoms with van der Waals surface area (Å²) in [5.74, 6) is 0.0678. The Bertz CT molecular complexity index is 1050. The number of carbonyl (C=O) groups excluding carboxylic acids is 2. The molecule has 146 valence electrons. The van der Waals surface area contributed by atoms with E-state index in [0.717, 1.165) is 0 Å². The zero-order chi connectivity index (χ0) is 20.8. The van der Waals surface area contributed by atoms with Crippen molar-refractivity contribution in [2.24, 2.45) is 0 Å². The Morgan fingerprint density at radius 3 is 2.10 bits per heavy atom. The fraction of sp³-hybridized carbons (Fsp3) is 0.0476. The number of hydrogen-bond donors (Lipinski definition) is 1. The van der Waals surface area contributed by atoms with Crippen LogP contribution in [0.5, 0.6) is 11.5 Å². The van der Waals surface area contributed by atoms with Crippen molar-refractivity contribution >= 4 is 23.3 Å². The van der Waals surface area contributed by atoms with E-state index in [4.69, 9.17) is 4.74 Å². The Labute approximate surface area is 165 Å². The number of nitrogens with one attached hydrogen (secondary N) is 1. The number of non-ortho nitro benzene ring substituents is 1. The van der Waals surface area contributed by atoms with Crippen molar-refractivity contribution < 1.29 is 24.0 Å². The van der Waals surface area contributed by atoms with Crippen LogP contribution in [0.2, 0.25) is 0 Å². The summed E-state index contributed by atoms with van der Waals surface area (Å²) < 4.78 is 10.3. The Balaban J connectivity index is 1.66. The number of nitro benzene ring substituents is 1. The van der Waals surface area contributed by atoms with Crippen LogP contribution < -0.4 is 10.1 Å². The van der Waals surface area contributed by atoms with Gasteiger partial charge in [-0.3, -0.25) is 14.9 Å².